The summed E-state index contributed by atoms with van der Waals surface area (Å²) in [6.07, 6.45) is 1.91. The number of nitrogens with zero attached hydrogens (tertiary/aromatic N) is 3. The Kier molecular flexibility index (Phi) is 5.74. The fourth-order valence-electron chi connectivity index (χ4n) is 2.25. The molecular formula is C16H13BrFN5O2S. The highest BCUT2D eigenvalue weighted by atomic mass is 79.9. The number of hydrogen-bond acceptors (Lipinski definition) is 7. The van der Waals surface area contributed by atoms with Crippen molar-refractivity contribution in [3.63, 3.8) is 0 Å². The van der Waals surface area contributed by atoms with Gasteiger partial charge in [0.25, 0.3) is 0 Å². The van der Waals surface area contributed by atoms with Crippen LogP contribution >= 0.6 is 27.3 Å². The van der Waals surface area contributed by atoms with E-state index in [1.807, 2.05) is 17.5 Å². The van der Waals surface area contributed by atoms with E-state index in [1.54, 1.807) is 17.4 Å². The average molecular weight is 438 g/mol. The predicted molar refractivity (Wildman–Crippen MR) is 103 cm³/mol. The van der Waals surface area contributed by atoms with Crippen LogP contribution in [0.25, 0.3) is 0 Å². The Morgan fingerprint density at radius 1 is 1.27 bits per heavy atom. The van der Waals surface area contributed by atoms with Crippen LogP contribution in [0.3, 0.4) is 0 Å². The van der Waals surface area contributed by atoms with Crippen molar-refractivity contribution in [3.8, 4) is 0 Å². The summed E-state index contributed by atoms with van der Waals surface area (Å²) in [6, 6.07) is 8.29. The van der Waals surface area contributed by atoms with Crippen molar-refractivity contribution in [1.82, 2.24) is 9.97 Å². The molecule has 0 bridgehead atoms. The quantitative estimate of drug-likeness (QED) is 0.409. The van der Waals surface area contributed by atoms with Gasteiger partial charge in [0.2, 0.25) is 11.6 Å². The van der Waals surface area contributed by atoms with Gasteiger partial charge in [-0.15, -0.1) is 11.3 Å². The van der Waals surface area contributed by atoms with Crippen molar-refractivity contribution in [1.29, 1.82) is 0 Å². The van der Waals surface area contributed by atoms with Crippen molar-refractivity contribution < 1.29 is 9.31 Å². The third-order valence-corrected chi connectivity index (χ3v) is 4.86. The van der Waals surface area contributed by atoms with E-state index >= 15 is 0 Å². The summed E-state index contributed by atoms with van der Waals surface area (Å²) in [4.78, 5) is 19.9. The second-order valence-corrected chi connectivity index (χ2v) is 7.13. The fourth-order valence-corrected chi connectivity index (χ4v) is 3.29. The van der Waals surface area contributed by atoms with Crippen LogP contribution < -0.4 is 10.6 Å². The Labute approximate surface area is 160 Å². The first kappa shape index (κ1) is 18.2. The Morgan fingerprint density at radius 2 is 2.08 bits per heavy atom. The molecule has 7 nitrogen and oxygen atoms in total. The lowest BCUT2D eigenvalue weighted by Crippen LogP contribution is -2.10. The van der Waals surface area contributed by atoms with Gasteiger partial charge in [-0.05, 0) is 36.1 Å². The van der Waals surface area contributed by atoms with Gasteiger partial charge in [-0.25, -0.2) is 14.4 Å². The van der Waals surface area contributed by atoms with E-state index in [2.05, 4.69) is 36.5 Å². The van der Waals surface area contributed by atoms with Crippen LogP contribution in [0.2, 0.25) is 0 Å². The third kappa shape index (κ3) is 4.33. The van der Waals surface area contributed by atoms with E-state index in [1.165, 1.54) is 18.5 Å². The minimum Gasteiger partial charge on any atom is -0.364 e. The second kappa shape index (κ2) is 8.19. The van der Waals surface area contributed by atoms with Crippen LogP contribution in [0.4, 0.5) is 27.4 Å². The third-order valence-electron chi connectivity index (χ3n) is 3.43. The molecule has 26 heavy (non-hydrogen) atoms. The van der Waals surface area contributed by atoms with E-state index < -0.39 is 10.7 Å². The summed E-state index contributed by atoms with van der Waals surface area (Å²) in [6.45, 7) is 0.477. The monoisotopic (exact) mass is 437 g/mol. The SMILES string of the molecule is O=[N+]([O-])c1c(NCCc2cccs2)ncnc1Nc1ccc(Br)cc1F. The molecule has 134 valence electrons. The molecule has 3 aromatic rings. The summed E-state index contributed by atoms with van der Waals surface area (Å²) in [7, 11) is 0. The summed E-state index contributed by atoms with van der Waals surface area (Å²) >= 11 is 4.78. The maximum atomic E-state index is 14.0. The van der Waals surface area contributed by atoms with Gasteiger partial charge in [0.1, 0.15) is 12.1 Å². The number of nitro groups is 1. The van der Waals surface area contributed by atoms with E-state index in [0.29, 0.717) is 17.4 Å². The summed E-state index contributed by atoms with van der Waals surface area (Å²) in [5.41, 5.74) is -0.250. The van der Waals surface area contributed by atoms with Gasteiger partial charge >= 0.3 is 5.69 Å². The molecule has 0 saturated heterocycles. The summed E-state index contributed by atoms with van der Waals surface area (Å²) < 4.78 is 14.6. The highest BCUT2D eigenvalue weighted by molar-refractivity contribution is 9.10. The van der Waals surface area contributed by atoms with Crippen LogP contribution in [-0.2, 0) is 6.42 Å². The zero-order chi connectivity index (χ0) is 18.5. The zero-order valence-electron chi connectivity index (χ0n) is 13.3. The fraction of sp³-hybridized carbons (Fsp3) is 0.125. The number of nitrogens with one attached hydrogen (secondary N) is 2. The zero-order valence-corrected chi connectivity index (χ0v) is 15.7. The summed E-state index contributed by atoms with van der Waals surface area (Å²) in [5.74, 6) is -0.550. The molecule has 0 aliphatic carbocycles. The topological polar surface area (TPSA) is 93.0 Å². The van der Waals surface area contributed by atoms with Gasteiger partial charge in [-0.3, -0.25) is 10.1 Å². The van der Waals surface area contributed by atoms with Crippen molar-refractivity contribution in [2.45, 2.75) is 6.42 Å². The standard InChI is InChI=1S/C16H13BrFN5O2S/c17-10-3-4-13(12(18)8-10)22-16-14(23(24)25)15(20-9-21-16)19-6-5-11-2-1-7-26-11/h1-4,7-9H,5-6H2,(H2,19,20,21,22). The molecule has 1 aromatic carbocycles. The Bertz CT molecular complexity index is 923. The normalized spacial score (nSPS) is 10.5. The van der Waals surface area contributed by atoms with Crippen LogP contribution in [-0.4, -0.2) is 21.4 Å². The molecule has 0 unspecified atom stereocenters. The highest BCUT2D eigenvalue weighted by Crippen LogP contribution is 2.32. The minimum atomic E-state index is -0.591. The van der Waals surface area contributed by atoms with Crippen molar-refractivity contribution >= 4 is 50.3 Å². The number of aromatic nitrogens is 2. The largest absolute Gasteiger partial charge is 0.364 e. The highest BCUT2D eigenvalue weighted by Gasteiger charge is 2.23. The van der Waals surface area contributed by atoms with Crippen molar-refractivity contribution in [2.75, 3.05) is 17.2 Å². The molecule has 2 aromatic heterocycles. The van der Waals surface area contributed by atoms with Crippen LogP contribution in [0.1, 0.15) is 4.88 Å². The molecule has 3 rings (SSSR count). The minimum absolute atomic E-state index is 0.0788. The predicted octanol–water partition coefficient (Wildman–Crippen LogP) is 4.75. The Balaban J connectivity index is 1.82. The average Bonchev–Trinajstić information content (AvgIpc) is 3.11. The first-order valence-electron chi connectivity index (χ1n) is 7.52. The van der Waals surface area contributed by atoms with Gasteiger partial charge in [0.15, 0.2) is 0 Å². The van der Waals surface area contributed by atoms with Gasteiger partial charge in [-0.2, -0.15) is 0 Å². The molecule has 0 spiro atoms. The first-order chi connectivity index (χ1) is 12.5. The molecule has 0 aliphatic heterocycles. The van der Waals surface area contributed by atoms with Crippen LogP contribution in [0, 0.1) is 15.9 Å². The molecular weight excluding hydrogens is 425 g/mol. The van der Waals surface area contributed by atoms with Gasteiger partial charge < -0.3 is 10.6 Å². The lowest BCUT2D eigenvalue weighted by atomic mass is 10.3. The first-order valence-corrected chi connectivity index (χ1v) is 9.19. The molecule has 0 saturated carbocycles. The van der Waals surface area contributed by atoms with E-state index in [9.17, 15) is 14.5 Å². The Hall–Kier alpha value is -2.59. The molecule has 0 amide bonds. The number of halogens is 2. The maximum absolute atomic E-state index is 14.0. The molecule has 0 aliphatic rings. The number of hydrogen-bond donors (Lipinski definition) is 2. The molecule has 2 N–H and O–H groups in total. The molecule has 0 atom stereocenters. The molecule has 0 fully saturated rings. The van der Waals surface area contributed by atoms with E-state index in [-0.39, 0.29) is 23.0 Å². The van der Waals surface area contributed by atoms with E-state index in [0.717, 1.165) is 4.88 Å². The summed E-state index contributed by atoms with van der Waals surface area (Å²) in [5, 5.41) is 19.1. The second-order valence-electron chi connectivity index (χ2n) is 5.18. The van der Waals surface area contributed by atoms with Crippen LogP contribution in [0.5, 0.6) is 0 Å². The van der Waals surface area contributed by atoms with Gasteiger partial charge in [-0.1, -0.05) is 22.0 Å². The van der Waals surface area contributed by atoms with Gasteiger partial charge in [0, 0.05) is 15.9 Å². The molecule has 0 radical (unpaired) electrons. The number of rotatable bonds is 7. The van der Waals surface area contributed by atoms with Crippen molar-refractivity contribution in [2.24, 2.45) is 0 Å². The smallest absolute Gasteiger partial charge is 0.353 e. The lowest BCUT2D eigenvalue weighted by Gasteiger charge is -2.10. The number of thiophene rings is 1. The van der Waals surface area contributed by atoms with Crippen molar-refractivity contribution in [3.05, 3.63) is 67.3 Å². The number of anilines is 3. The maximum Gasteiger partial charge on any atom is 0.353 e. The van der Waals surface area contributed by atoms with Gasteiger partial charge in [0.05, 0.1) is 10.6 Å². The van der Waals surface area contributed by atoms with Crippen LogP contribution in [0.15, 0.2) is 46.5 Å². The Morgan fingerprint density at radius 3 is 2.77 bits per heavy atom. The molecule has 10 heteroatoms. The van der Waals surface area contributed by atoms with E-state index in [4.69, 9.17) is 0 Å². The molecule has 2 heterocycles. The number of benzene rings is 1. The lowest BCUT2D eigenvalue weighted by molar-refractivity contribution is -0.383.